The van der Waals surface area contributed by atoms with E-state index in [1.807, 2.05) is 13.1 Å². The molecule has 58 heavy (non-hydrogen) atoms. The number of hydrogen-bond donors (Lipinski definition) is 0. The minimum Gasteiger partial charge on any atom is -0.261 e. The van der Waals surface area contributed by atoms with Crippen molar-refractivity contribution < 1.29 is 0 Å². The van der Waals surface area contributed by atoms with Gasteiger partial charge in [-0.05, 0) is 135 Å². The molecule has 0 amide bonds. The number of pyridine rings is 1. The lowest BCUT2D eigenvalue weighted by Gasteiger charge is -2.30. The molecule has 0 N–H and O–H groups in total. The molecule has 2 aliphatic rings. The summed E-state index contributed by atoms with van der Waals surface area (Å²) in [7, 11) is 0. The molecule has 9 aromatic rings. The van der Waals surface area contributed by atoms with Crippen LogP contribution in [0.4, 0.5) is 0 Å². The van der Waals surface area contributed by atoms with Gasteiger partial charge in [-0.25, -0.2) is 9.97 Å². The van der Waals surface area contributed by atoms with Crippen LogP contribution in [-0.4, -0.2) is 15.0 Å². The predicted molar refractivity (Wildman–Crippen MR) is 238 cm³/mol. The molecule has 0 saturated heterocycles. The minimum atomic E-state index is -0.482. The molecule has 0 fully saturated rings. The van der Waals surface area contributed by atoms with Crippen LogP contribution in [0.25, 0.3) is 78.3 Å². The quantitative estimate of drug-likeness (QED) is 0.176. The molecule has 0 aliphatic heterocycles. The lowest BCUT2D eigenvalue weighted by atomic mass is 9.70. The SMILES string of the molecule is Cc1cc(-c2ccc(-c3ccc4c(c3)-c3ccccc3C43c4ccccc4-c4ccc(-c5nc(C)cc(-c6cccc(-c7ccccc7)c6)n5)cc43)cc2)c(C)cn1. The van der Waals surface area contributed by atoms with Crippen molar-refractivity contribution >= 4 is 0 Å². The van der Waals surface area contributed by atoms with E-state index in [-0.39, 0.29) is 0 Å². The Morgan fingerprint density at radius 1 is 0.345 bits per heavy atom. The van der Waals surface area contributed by atoms with Gasteiger partial charge in [-0.3, -0.25) is 4.98 Å². The number of rotatable bonds is 5. The molecule has 1 spiro atoms. The van der Waals surface area contributed by atoms with Crippen molar-refractivity contribution in [3.05, 3.63) is 221 Å². The summed E-state index contributed by atoms with van der Waals surface area (Å²) in [6, 6.07) is 64.4. The van der Waals surface area contributed by atoms with Gasteiger partial charge in [0.2, 0.25) is 0 Å². The predicted octanol–water partition coefficient (Wildman–Crippen LogP) is 13.5. The van der Waals surface area contributed by atoms with Crippen LogP contribution >= 0.6 is 0 Å². The maximum atomic E-state index is 5.25. The summed E-state index contributed by atoms with van der Waals surface area (Å²) >= 11 is 0. The fraction of sp³-hybridized carbons (Fsp3) is 0.0727. The highest BCUT2D eigenvalue weighted by Gasteiger charge is 2.51. The van der Waals surface area contributed by atoms with Crippen molar-refractivity contribution in [1.82, 2.24) is 15.0 Å². The highest BCUT2D eigenvalue weighted by molar-refractivity contribution is 5.97. The van der Waals surface area contributed by atoms with Gasteiger partial charge in [0.05, 0.1) is 11.1 Å². The van der Waals surface area contributed by atoms with E-state index in [2.05, 4.69) is 195 Å². The van der Waals surface area contributed by atoms with Gasteiger partial charge in [0, 0.05) is 28.7 Å². The number of benzene rings is 7. The summed E-state index contributed by atoms with van der Waals surface area (Å²) in [5.74, 6) is 0.733. The van der Waals surface area contributed by atoms with Crippen LogP contribution in [0, 0.1) is 20.8 Å². The fourth-order valence-corrected chi connectivity index (χ4v) is 9.58. The molecule has 0 saturated carbocycles. The standard InChI is InChI=1S/C55H39N3/c1-34-33-56-35(2)28-47(34)39-22-20-38(21-23-39)41-25-27-51-48(31-41)45-17-8-10-19-50(45)55(51)49-18-9-7-16-44(49)46-26-24-43(32-52(46)55)54-57-36(3)29-53(58-54)42-15-11-14-40(30-42)37-12-5-4-6-13-37/h4-33H,1-3H3. The molecule has 2 aliphatic carbocycles. The van der Waals surface area contributed by atoms with E-state index < -0.39 is 5.41 Å². The third kappa shape index (κ3) is 5.24. The lowest BCUT2D eigenvalue weighted by Crippen LogP contribution is -2.25. The van der Waals surface area contributed by atoms with E-state index >= 15 is 0 Å². The smallest absolute Gasteiger partial charge is 0.160 e. The molecule has 11 rings (SSSR count). The van der Waals surface area contributed by atoms with Crippen molar-refractivity contribution in [2.45, 2.75) is 26.2 Å². The molecule has 274 valence electrons. The Morgan fingerprint density at radius 3 is 1.72 bits per heavy atom. The Hall–Kier alpha value is -7.23. The van der Waals surface area contributed by atoms with Gasteiger partial charge >= 0.3 is 0 Å². The molecule has 7 aromatic carbocycles. The van der Waals surface area contributed by atoms with Gasteiger partial charge < -0.3 is 0 Å². The zero-order chi connectivity index (χ0) is 39.0. The second-order valence-electron chi connectivity index (χ2n) is 15.7. The molecular weight excluding hydrogens is 703 g/mol. The first-order valence-corrected chi connectivity index (χ1v) is 20.0. The van der Waals surface area contributed by atoms with E-state index in [1.54, 1.807) is 0 Å². The van der Waals surface area contributed by atoms with Crippen molar-refractivity contribution in [2.24, 2.45) is 0 Å². The Morgan fingerprint density at radius 2 is 0.931 bits per heavy atom. The molecule has 3 nitrogen and oxygen atoms in total. The van der Waals surface area contributed by atoms with Crippen LogP contribution < -0.4 is 0 Å². The second kappa shape index (κ2) is 13.2. The van der Waals surface area contributed by atoms with E-state index in [9.17, 15) is 0 Å². The molecule has 3 heteroatoms. The van der Waals surface area contributed by atoms with E-state index in [4.69, 9.17) is 9.97 Å². The second-order valence-corrected chi connectivity index (χ2v) is 15.7. The monoisotopic (exact) mass is 741 g/mol. The first kappa shape index (κ1) is 34.1. The Labute approximate surface area is 339 Å². The van der Waals surface area contributed by atoms with Crippen molar-refractivity contribution in [3.63, 3.8) is 0 Å². The number of nitrogens with zero attached hydrogens (tertiary/aromatic N) is 3. The van der Waals surface area contributed by atoms with Crippen molar-refractivity contribution in [3.8, 4) is 78.3 Å². The normalized spacial score (nSPS) is 14.5. The number of aromatic nitrogens is 3. The van der Waals surface area contributed by atoms with Crippen molar-refractivity contribution in [1.29, 1.82) is 0 Å². The van der Waals surface area contributed by atoms with Crippen LogP contribution in [0.15, 0.2) is 182 Å². The van der Waals surface area contributed by atoms with Gasteiger partial charge in [0.25, 0.3) is 0 Å². The summed E-state index contributed by atoms with van der Waals surface area (Å²) in [6.45, 7) is 6.24. The number of aryl methyl sites for hydroxylation is 3. The summed E-state index contributed by atoms with van der Waals surface area (Å²) < 4.78 is 0. The molecule has 1 atom stereocenters. The van der Waals surface area contributed by atoms with Crippen LogP contribution in [-0.2, 0) is 5.41 Å². The first-order valence-electron chi connectivity index (χ1n) is 20.0. The summed E-state index contributed by atoms with van der Waals surface area (Å²) in [6.07, 6.45) is 1.96. The van der Waals surface area contributed by atoms with Crippen LogP contribution in [0.1, 0.15) is 39.2 Å². The average molecular weight is 742 g/mol. The minimum absolute atomic E-state index is 0.482. The Kier molecular flexibility index (Phi) is 7.74. The molecule has 2 aromatic heterocycles. The maximum Gasteiger partial charge on any atom is 0.160 e. The van der Waals surface area contributed by atoms with Crippen molar-refractivity contribution in [2.75, 3.05) is 0 Å². The zero-order valence-corrected chi connectivity index (χ0v) is 32.7. The summed E-state index contributed by atoms with van der Waals surface area (Å²) in [5.41, 5.74) is 23.2. The molecule has 1 unspecified atom stereocenters. The maximum absolute atomic E-state index is 5.25. The largest absolute Gasteiger partial charge is 0.261 e. The fourth-order valence-electron chi connectivity index (χ4n) is 9.58. The van der Waals surface area contributed by atoms with E-state index in [0.717, 1.165) is 34.0 Å². The van der Waals surface area contributed by atoms with Crippen LogP contribution in [0.3, 0.4) is 0 Å². The summed E-state index contributed by atoms with van der Waals surface area (Å²) in [4.78, 5) is 14.8. The van der Waals surface area contributed by atoms with Crippen LogP contribution in [0.5, 0.6) is 0 Å². The molecular formula is C55H39N3. The molecule has 0 bridgehead atoms. The topological polar surface area (TPSA) is 38.7 Å². The number of fused-ring (bicyclic) bond motifs is 10. The molecule has 0 radical (unpaired) electrons. The summed E-state index contributed by atoms with van der Waals surface area (Å²) in [5, 5.41) is 0. The van der Waals surface area contributed by atoms with Crippen LogP contribution in [0.2, 0.25) is 0 Å². The number of hydrogen-bond acceptors (Lipinski definition) is 3. The highest BCUT2D eigenvalue weighted by atomic mass is 14.9. The zero-order valence-electron chi connectivity index (χ0n) is 32.7. The van der Waals surface area contributed by atoms with Gasteiger partial charge in [0.1, 0.15) is 0 Å². The van der Waals surface area contributed by atoms with E-state index in [0.29, 0.717) is 0 Å². The Balaban J connectivity index is 1.05. The van der Waals surface area contributed by atoms with E-state index in [1.165, 1.54) is 83.5 Å². The third-order valence-electron chi connectivity index (χ3n) is 12.2. The third-order valence-corrected chi connectivity index (χ3v) is 12.2. The average Bonchev–Trinajstić information content (AvgIpc) is 3.74. The van der Waals surface area contributed by atoms with Gasteiger partial charge in [-0.2, -0.15) is 0 Å². The Bertz CT molecular complexity index is 3090. The lowest BCUT2D eigenvalue weighted by molar-refractivity contribution is 0.794. The molecule has 2 heterocycles. The highest BCUT2D eigenvalue weighted by Crippen LogP contribution is 2.63. The first-order chi connectivity index (χ1) is 28.5. The van der Waals surface area contributed by atoms with Gasteiger partial charge in [-0.1, -0.05) is 146 Å². The van der Waals surface area contributed by atoms with Gasteiger partial charge in [-0.15, -0.1) is 0 Å². The van der Waals surface area contributed by atoms with Gasteiger partial charge in [0.15, 0.2) is 5.82 Å².